The van der Waals surface area contributed by atoms with Gasteiger partial charge in [0, 0.05) is 17.9 Å². The molecule has 3 rings (SSSR count). The molecule has 0 saturated carbocycles. The third kappa shape index (κ3) is 1.66. The third-order valence-electron chi connectivity index (χ3n) is 3.80. The van der Waals surface area contributed by atoms with Crippen molar-refractivity contribution in [1.29, 1.82) is 0 Å². The number of benzene rings is 1. The van der Waals surface area contributed by atoms with Gasteiger partial charge in [-0.15, -0.1) is 0 Å². The van der Waals surface area contributed by atoms with E-state index in [1.165, 1.54) is 0 Å². The topological polar surface area (TPSA) is 60.6 Å². The molecule has 1 aromatic heterocycles. The van der Waals surface area contributed by atoms with Crippen LogP contribution < -0.4 is 14.2 Å². The summed E-state index contributed by atoms with van der Waals surface area (Å²) in [5.41, 5.74) is 2.56. The van der Waals surface area contributed by atoms with E-state index >= 15 is 0 Å². The number of ketones is 1. The molecule has 1 N–H and O–H groups in total. The number of hydrogen-bond acceptors (Lipinski definition) is 4. The first-order chi connectivity index (χ1) is 9.71. The Kier molecular flexibility index (Phi) is 3.04. The first-order valence-corrected chi connectivity index (χ1v) is 6.58. The van der Waals surface area contributed by atoms with E-state index in [9.17, 15) is 4.79 Å². The summed E-state index contributed by atoms with van der Waals surface area (Å²) in [6, 6.07) is 1.85. The van der Waals surface area contributed by atoms with Crippen LogP contribution in [-0.2, 0) is 6.42 Å². The number of aryl methyl sites for hydroxylation is 1. The number of nitrogens with one attached hydrogen (secondary N) is 1. The minimum Gasteiger partial charge on any atom is -0.493 e. The van der Waals surface area contributed by atoms with Crippen molar-refractivity contribution >= 4 is 16.7 Å². The lowest BCUT2D eigenvalue weighted by Gasteiger charge is -2.15. The summed E-state index contributed by atoms with van der Waals surface area (Å²) in [5.74, 6) is 1.92. The molecule has 106 valence electrons. The van der Waals surface area contributed by atoms with Gasteiger partial charge in [0.05, 0.1) is 32.5 Å². The molecule has 2 aromatic rings. The largest absolute Gasteiger partial charge is 0.493 e. The summed E-state index contributed by atoms with van der Waals surface area (Å²) >= 11 is 0. The molecule has 0 unspecified atom stereocenters. The van der Waals surface area contributed by atoms with Crippen molar-refractivity contribution < 1.29 is 19.0 Å². The normalized spacial score (nSPS) is 14.2. The second-order valence-electron chi connectivity index (χ2n) is 4.82. The van der Waals surface area contributed by atoms with Crippen molar-refractivity contribution in [2.75, 3.05) is 21.3 Å². The number of rotatable bonds is 3. The van der Waals surface area contributed by atoms with E-state index in [2.05, 4.69) is 4.98 Å². The number of hydrogen-bond donors (Lipinski definition) is 1. The molecule has 0 fully saturated rings. The molecule has 5 heteroatoms. The summed E-state index contributed by atoms with van der Waals surface area (Å²) in [6.07, 6.45) is 2.33. The van der Waals surface area contributed by atoms with E-state index in [0.717, 1.165) is 29.3 Å². The van der Waals surface area contributed by atoms with Crippen LogP contribution in [0.25, 0.3) is 10.9 Å². The summed E-state index contributed by atoms with van der Waals surface area (Å²) in [4.78, 5) is 15.2. The molecule has 0 aliphatic heterocycles. The van der Waals surface area contributed by atoms with Crippen molar-refractivity contribution in [1.82, 2.24) is 4.98 Å². The van der Waals surface area contributed by atoms with Crippen LogP contribution in [0.15, 0.2) is 6.07 Å². The molecule has 0 spiro atoms. The van der Waals surface area contributed by atoms with Gasteiger partial charge in [-0.3, -0.25) is 4.79 Å². The van der Waals surface area contributed by atoms with Crippen LogP contribution in [0.1, 0.15) is 28.9 Å². The van der Waals surface area contributed by atoms with Gasteiger partial charge in [-0.1, -0.05) is 0 Å². The van der Waals surface area contributed by atoms with E-state index in [0.29, 0.717) is 29.4 Å². The molecule has 0 amide bonds. The average Bonchev–Trinajstić information content (AvgIpc) is 2.85. The molecular formula is C15H17NO4. The maximum absolute atomic E-state index is 12.0. The number of aromatic amines is 1. The lowest BCUT2D eigenvalue weighted by atomic mass is 9.94. The van der Waals surface area contributed by atoms with Crippen LogP contribution in [0.3, 0.4) is 0 Å². The molecule has 5 nitrogen and oxygen atoms in total. The van der Waals surface area contributed by atoms with Crippen molar-refractivity contribution in [3.8, 4) is 17.2 Å². The fraction of sp³-hybridized carbons (Fsp3) is 0.400. The quantitative estimate of drug-likeness (QED) is 0.935. The third-order valence-corrected chi connectivity index (χ3v) is 3.80. The number of ether oxygens (including phenoxy) is 3. The Morgan fingerprint density at radius 1 is 1.05 bits per heavy atom. The monoisotopic (exact) mass is 275 g/mol. The molecule has 1 heterocycles. The first kappa shape index (κ1) is 12.8. The number of Topliss-reactive ketones (excluding diaryl/α,β-unsaturated/α-hetero) is 1. The van der Waals surface area contributed by atoms with Crippen LogP contribution in [0.5, 0.6) is 17.2 Å². The van der Waals surface area contributed by atoms with Gasteiger partial charge in [-0.25, -0.2) is 0 Å². The van der Waals surface area contributed by atoms with Gasteiger partial charge >= 0.3 is 0 Å². The Balaban J connectivity index is 2.39. The fourth-order valence-electron chi connectivity index (χ4n) is 2.93. The van der Waals surface area contributed by atoms with E-state index in [4.69, 9.17) is 14.2 Å². The standard InChI is InChI=1S/C15H17NO4/c1-18-11-7-9-12(15(20-3)14(11)19-2)8-5-4-6-10(17)13(8)16-9/h7,16H,4-6H2,1-3H3. The molecule has 0 radical (unpaired) electrons. The summed E-state index contributed by atoms with van der Waals surface area (Å²) < 4.78 is 16.3. The summed E-state index contributed by atoms with van der Waals surface area (Å²) in [5, 5.41) is 0.924. The van der Waals surface area contributed by atoms with E-state index in [1.807, 2.05) is 6.07 Å². The minimum atomic E-state index is 0.155. The summed E-state index contributed by atoms with van der Waals surface area (Å²) in [6.45, 7) is 0. The van der Waals surface area contributed by atoms with Crippen molar-refractivity contribution in [2.45, 2.75) is 19.3 Å². The van der Waals surface area contributed by atoms with Crippen molar-refractivity contribution in [3.05, 3.63) is 17.3 Å². The Morgan fingerprint density at radius 3 is 2.45 bits per heavy atom. The second kappa shape index (κ2) is 4.74. The highest BCUT2D eigenvalue weighted by Gasteiger charge is 2.27. The number of H-pyrrole nitrogens is 1. The lowest BCUT2D eigenvalue weighted by molar-refractivity contribution is 0.0968. The van der Waals surface area contributed by atoms with Crippen molar-refractivity contribution in [3.63, 3.8) is 0 Å². The average molecular weight is 275 g/mol. The maximum atomic E-state index is 12.0. The molecule has 1 aliphatic carbocycles. The van der Waals surface area contributed by atoms with Crippen LogP contribution >= 0.6 is 0 Å². The molecule has 20 heavy (non-hydrogen) atoms. The van der Waals surface area contributed by atoms with E-state index < -0.39 is 0 Å². The van der Waals surface area contributed by atoms with E-state index in [1.54, 1.807) is 21.3 Å². The summed E-state index contributed by atoms with van der Waals surface area (Å²) in [7, 11) is 4.76. The van der Waals surface area contributed by atoms with Gasteiger partial charge in [-0.05, 0) is 18.4 Å². The molecular weight excluding hydrogens is 258 g/mol. The Labute approximate surface area is 116 Å². The maximum Gasteiger partial charge on any atom is 0.204 e. The van der Waals surface area contributed by atoms with Crippen LogP contribution in [0.4, 0.5) is 0 Å². The van der Waals surface area contributed by atoms with Gasteiger partial charge < -0.3 is 19.2 Å². The molecule has 1 aromatic carbocycles. The minimum absolute atomic E-state index is 0.155. The zero-order chi connectivity index (χ0) is 14.3. The van der Waals surface area contributed by atoms with Gasteiger partial charge in [0.25, 0.3) is 0 Å². The lowest BCUT2D eigenvalue weighted by Crippen LogP contribution is -2.09. The molecule has 0 bridgehead atoms. The fourth-order valence-corrected chi connectivity index (χ4v) is 2.93. The number of methoxy groups -OCH3 is 3. The molecule has 0 saturated heterocycles. The highest BCUT2D eigenvalue weighted by molar-refractivity contribution is 6.06. The SMILES string of the molecule is COc1cc2[nH]c3c(c2c(OC)c1OC)CCCC3=O. The smallest absolute Gasteiger partial charge is 0.204 e. The zero-order valence-corrected chi connectivity index (χ0v) is 11.8. The second-order valence-corrected chi connectivity index (χ2v) is 4.82. The molecule has 0 atom stereocenters. The predicted molar refractivity (Wildman–Crippen MR) is 75.2 cm³/mol. The Morgan fingerprint density at radius 2 is 1.80 bits per heavy atom. The number of carbonyl (C=O) groups is 1. The predicted octanol–water partition coefficient (Wildman–Crippen LogP) is 2.71. The number of fused-ring (bicyclic) bond motifs is 3. The first-order valence-electron chi connectivity index (χ1n) is 6.58. The van der Waals surface area contributed by atoms with Crippen molar-refractivity contribution in [2.24, 2.45) is 0 Å². The highest BCUT2D eigenvalue weighted by atomic mass is 16.5. The number of aromatic nitrogens is 1. The van der Waals surface area contributed by atoms with Crippen LogP contribution in [0.2, 0.25) is 0 Å². The molecule has 1 aliphatic rings. The number of carbonyl (C=O) groups excluding carboxylic acids is 1. The van der Waals surface area contributed by atoms with Crippen LogP contribution in [0, 0.1) is 0 Å². The highest BCUT2D eigenvalue weighted by Crippen LogP contribution is 2.46. The van der Waals surface area contributed by atoms with E-state index in [-0.39, 0.29) is 5.78 Å². The Hall–Kier alpha value is -2.17. The van der Waals surface area contributed by atoms with Gasteiger partial charge in [0.15, 0.2) is 17.3 Å². The van der Waals surface area contributed by atoms with Gasteiger partial charge in [0.1, 0.15) is 0 Å². The van der Waals surface area contributed by atoms with Gasteiger partial charge in [-0.2, -0.15) is 0 Å². The van der Waals surface area contributed by atoms with Gasteiger partial charge in [0.2, 0.25) is 5.75 Å². The van der Waals surface area contributed by atoms with Crippen LogP contribution in [-0.4, -0.2) is 32.1 Å². The zero-order valence-electron chi connectivity index (χ0n) is 11.8. The Bertz CT molecular complexity index is 687.